The van der Waals surface area contributed by atoms with Crippen LogP contribution in [0.25, 0.3) is 0 Å². The van der Waals surface area contributed by atoms with Crippen molar-refractivity contribution in [2.45, 2.75) is 103 Å². The van der Waals surface area contributed by atoms with Crippen molar-refractivity contribution in [3.05, 3.63) is 71.3 Å². The lowest BCUT2D eigenvalue weighted by Crippen LogP contribution is -2.56. The Labute approximate surface area is 410 Å². The minimum absolute atomic E-state index is 0.0634. The number of carboxylic acid groups (broad SMARTS) is 1. The van der Waals surface area contributed by atoms with Crippen molar-refractivity contribution in [3.63, 3.8) is 0 Å². The number of hydrogen-bond donors (Lipinski definition) is 3. The van der Waals surface area contributed by atoms with Crippen molar-refractivity contribution in [1.29, 1.82) is 0 Å². The maximum absolute atomic E-state index is 13.5. The van der Waals surface area contributed by atoms with Gasteiger partial charge in [-0.25, -0.2) is 39.1 Å². The number of rotatable bonds is 10. The fraction of sp³-hybridized carbons (Fsp3) is 0.510. The van der Waals surface area contributed by atoms with Crippen LogP contribution in [0.3, 0.4) is 0 Å². The number of aromatic nitrogens is 4. The molecule has 10 heterocycles. The second-order valence-corrected chi connectivity index (χ2v) is 19.2. The quantitative estimate of drug-likeness (QED) is 0.151. The van der Waals surface area contributed by atoms with Crippen LogP contribution in [0, 0.1) is 13.8 Å². The Morgan fingerprint density at radius 3 is 1.55 bits per heavy atom. The van der Waals surface area contributed by atoms with E-state index in [0.29, 0.717) is 74.3 Å². The summed E-state index contributed by atoms with van der Waals surface area (Å²) in [7, 11) is 1.32. The van der Waals surface area contributed by atoms with Crippen LogP contribution in [-0.2, 0) is 23.7 Å². The maximum Gasteiger partial charge on any atom is 0.356 e. The van der Waals surface area contributed by atoms with Crippen LogP contribution in [0.1, 0.15) is 85.5 Å². The number of carbonyl (C=O) groups is 4. The molecular weight excluding hydrogens is 921 g/mol. The molecule has 0 aliphatic carbocycles. The molecule has 4 saturated heterocycles. The highest BCUT2D eigenvalue weighted by Crippen LogP contribution is 2.42. The highest BCUT2D eigenvalue weighted by molar-refractivity contribution is 6.06. The van der Waals surface area contributed by atoms with Gasteiger partial charge in [0.15, 0.2) is 34.6 Å². The lowest BCUT2D eigenvalue weighted by atomic mass is 9.98. The second-order valence-electron chi connectivity index (χ2n) is 19.2. The van der Waals surface area contributed by atoms with E-state index in [2.05, 4.69) is 40.4 Å². The van der Waals surface area contributed by atoms with Crippen molar-refractivity contribution < 1.29 is 57.4 Å². The van der Waals surface area contributed by atoms with E-state index in [1.165, 1.54) is 13.3 Å². The number of hydrogen-bond acceptors (Lipinski definition) is 17. The summed E-state index contributed by atoms with van der Waals surface area (Å²) >= 11 is 0. The van der Waals surface area contributed by atoms with E-state index in [1.54, 1.807) is 52.4 Å². The van der Waals surface area contributed by atoms with Gasteiger partial charge in [-0.2, -0.15) is 0 Å². The average Bonchev–Trinajstić information content (AvgIpc) is 3.89. The van der Waals surface area contributed by atoms with E-state index in [9.17, 15) is 24.3 Å². The Morgan fingerprint density at radius 1 is 0.704 bits per heavy atom. The zero-order valence-corrected chi connectivity index (χ0v) is 40.9. The van der Waals surface area contributed by atoms with Crippen LogP contribution in [0.15, 0.2) is 48.8 Å². The normalized spacial score (nSPS) is 22.3. The van der Waals surface area contributed by atoms with Gasteiger partial charge in [-0.3, -0.25) is 20.4 Å². The van der Waals surface area contributed by atoms with Crippen molar-refractivity contribution in [2.75, 3.05) is 89.9 Å². The van der Waals surface area contributed by atoms with Crippen LogP contribution in [0.5, 0.6) is 11.5 Å². The molecule has 0 unspecified atom stereocenters. The van der Waals surface area contributed by atoms with Crippen molar-refractivity contribution in [2.24, 2.45) is 0 Å². The summed E-state index contributed by atoms with van der Waals surface area (Å²) in [5.74, 6) is -0.194. The Bertz CT molecular complexity index is 2650. The van der Waals surface area contributed by atoms with Gasteiger partial charge in [0.05, 0.1) is 56.2 Å². The first-order chi connectivity index (χ1) is 33.9. The minimum atomic E-state index is -1.13. The molecule has 4 fully saturated rings. The summed E-state index contributed by atoms with van der Waals surface area (Å²) in [5, 5.41) is 15.2. The zero-order valence-electron chi connectivity index (χ0n) is 40.9. The summed E-state index contributed by atoms with van der Waals surface area (Å²) in [6, 6.07) is 9.16. The van der Waals surface area contributed by atoms with Crippen LogP contribution in [0.2, 0.25) is 0 Å². The number of aromatic carboxylic acids is 1. The van der Waals surface area contributed by atoms with E-state index in [0.717, 1.165) is 61.3 Å². The predicted molar refractivity (Wildman–Crippen MR) is 259 cm³/mol. The molecule has 6 aliphatic rings. The number of anilines is 6. The topological polar surface area (TPSA) is 242 Å². The molecule has 0 spiro atoms. The molecule has 4 bridgehead atoms. The van der Waals surface area contributed by atoms with E-state index in [-0.39, 0.29) is 41.7 Å². The Hall–Kier alpha value is -6.88. The highest BCUT2D eigenvalue weighted by Gasteiger charge is 2.42. The van der Waals surface area contributed by atoms with Crippen LogP contribution >= 0.6 is 0 Å². The monoisotopic (exact) mass is 980 g/mol. The van der Waals surface area contributed by atoms with Crippen LogP contribution < -0.4 is 39.7 Å². The van der Waals surface area contributed by atoms with Gasteiger partial charge in [0.1, 0.15) is 48.6 Å². The Morgan fingerprint density at radius 2 is 1.15 bits per heavy atom. The number of amides is 4. The number of pyridine rings is 4. The van der Waals surface area contributed by atoms with Gasteiger partial charge < -0.3 is 48.1 Å². The SMILES string of the molecule is COC(=O)c1cc(C)c2c(n1)N(C(=O)Nc1ccc(OC[C@@H]3COC(C)(C)O3)cn1)[C@H]1CCCN2C1.Cc1cc(C(=O)O)nc2c1N1CCC[C@@H](C1)N2C(=O)Nc1ccc(OC[C@@H]2COC(C)(C)O2)cn1. The molecule has 0 saturated carbocycles. The molecule has 4 aromatic rings. The molecular formula is C49H60N10O12. The van der Waals surface area contributed by atoms with Gasteiger partial charge in [0, 0.05) is 26.2 Å². The number of nitrogens with one attached hydrogen (secondary N) is 2. The summed E-state index contributed by atoms with van der Waals surface area (Å²) in [6.45, 7) is 15.9. The minimum Gasteiger partial charge on any atom is -0.489 e. The van der Waals surface area contributed by atoms with Gasteiger partial charge in [0.2, 0.25) is 0 Å². The number of nitrogens with zero attached hydrogens (tertiary/aromatic N) is 8. The molecule has 4 aromatic heterocycles. The standard InChI is InChI=1S/C25H31N5O6.C24H29N5O6/c1-15-10-19(23(31)33-4)27-22-21(15)29-9-5-6-16(12-29)30(22)24(32)28-20-8-7-17(11-26-20)34-13-18-14-35-25(2,3)36-18;1-14-9-18(22(30)31)26-21-20(14)28-8-4-5-15(11-28)29(21)23(32)27-19-7-6-16(10-25-19)33-12-17-13-34-24(2,3)35-17/h7-8,10-11,16,18H,5-6,9,12-14H2,1-4H3,(H,26,28,32);6-7,9-10,15,17H,4-5,8,11-13H2,1-3H3,(H,30,31)(H,25,27,32)/t16-,18+;15-,17+/m00/s1. The molecule has 4 atom stereocenters. The van der Waals surface area contributed by atoms with E-state index in [1.807, 2.05) is 41.5 Å². The lowest BCUT2D eigenvalue weighted by molar-refractivity contribution is -0.141. The van der Waals surface area contributed by atoms with Gasteiger partial charge >= 0.3 is 24.0 Å². The first-order valence-corrected chi connectivity index (χ1v) is 23.8. The number of carboxylic acids is 1. The molecule has 3 N–H and O–H groups in total. The maximum atomic E-state index is 13.5. The highest BCUT2D eigenvalue weighted by atomic mass is 16.8. The molecule has 378 valence electrons. The van der Waals surface area contributed by atoms with Gasteiger partial charge in [-0.05, 0) is 115 Å². The average molecular weight is 981 g/mol. The Balaban J connectivity index is 0.000000176. The fourth-order valence-electron chi connectivity index (χ4n) is 9.83. The first kappa shape index (κ1) is 49.1. The zero-order chi connectivity index (χ0) is 50.2. The smallest absolute Gasteiger partial charge is 0.356 e. The second kappa shape index (κ2) is 20.1. The summed E-state index contributed by atoms with van der Waals surface area (Å²) < 4.78 is 38.9. The number of carbonyl (C=O) groups excluding carboxylic acids is 3. The molecule has 22 heteroatoms. The molecule has 0 radical (unpaired) electrons. The van der Waals surface area contributed by atoms with Gasteiger partial charge in [0.25, 0.3) is 0 Å². The first-order valence-electron chi connectivity index (χ1n) is 23.8. The molecule has 4 amide bonds. The van der Waals surface area contributed by atoms with Crippen LogP contribution in [0.4, 0.5) is 44.2 Å². The number of fused-ring (bicyclic) bond motifs is 8. The van der Waals surface area contributed by atoms with Crippen molar-refractivity contribution in [1.82, 2.24) is 19.9 Å². The van der Waals surface area contributed by atoms with Gasteiger partial charge in [-0.15, -0.1) is 0 Å². The summed E-state index contributed by atoms with van der Waals surface area (Å²) in [6.07, 6.45) is 6.33. The summed E-state index contributed by atoms with van der Waals surface area (Å²) in [4.78, 5) is 75.9. The van der Waals surface area contributed by atoms with E-state index in [4.69, 9.17) is 33.2 Å². The van der Waals surface area contributed by atoms with Gasteiger partial charge in [-0.1, -0.05) is 0 Å². The third kappa shape index (κ3) is 10.9. The molecule has 10 rings (SSSR count). The van der Waals surface area contributed by atoms with Crippen LogP contribution in [-0.4, -0.2) is 145 Å². The fourth-order valence-corrected chi connectivity index (χ4v) is 9.83. The number of methoxy groups -OCH3 is 1. The number of urea groups is 2. The number of esters is 1. The third-order valence-electron chi connectivity index (χ3n) is 12.9. The molecule has 22 nitrogen and oxygen atoms in total. The summed E-state index contributed by atoms with van der Waals surface area (Å²) in [5.41, 5.74) is 3.42. The molecule has 0 aromatic carbocycles. The third-order valence-corrected chi connectivity index (χ3v) is 12.9. The van der Waals surface area contributed by atoms with E-state index < -0.39 is 29.5 Å². The predicted octanol–water partition coefficient (Wildman–Crippen LogP) is 6.16. The molecule has 71 heavy (non-hydrogen) atoms. The van der Waals surface area contributed by atoms with Crippen molar-refractivity contribution in [3.8, 4) is 11.5 Å². The molecule has 6 aliphatic heterocycles. The van der Waals surface area contributed by atoms with Crippen molar-refractivity contribution >= 4 is 58.6 Å². The Kier molecular flexibility index (Phi) is 13.9. The number of piperidine rings is 2. The largest absolute Gasteiger partial charge is 0.489 e. The number of ether oxygens (including phenoxy) is 7. The lowest BCUT2D eigenvalue weighted by Gasteiger charge is -2.46. The number of aryl methyl sites for hydroxylation is 2. The van der Waals surface area contributed by atoms with E-state index >= 15 is 0 Å².